The van der Waals surface area contributed by atoms with Gasteiger partial charge in [-0.05, 0) is 56.4 Å². The molecule has 10 nitrogen and oxygen atoms in total. The summed E-state index contributed by atoms with van der Waals surface area (Å²) in [6.45, 7) is 4.30. The van der Waals surface area contributed by atoms with Gasteiger partial charge in [0, 0.05) is 32.2 Å². The summed E-state index contributed by atoms with van der Waals surface area (Å²) in [5.41, 5.74) is 0.691. The van der Waals surface area contributed by atoms with Crippen molar-refractivity contribution in [3.63, 3.8) is 0 Å². The molecule has 2 saturated heterocycles. The highest BCUT2D eigenvalue weighted by atomic mass is 16.5. The Morgan fingerprint density at radius 1 is 1.03 bits per heavy atom. The molecule has 2 aliphatic rings. The first kappa shape index (κ1) is 23.1. The molecular formula is C25H31N7O3. The van der Waals surface area contributed by atoms with Gasteiger partial charge in [0.2, 0.25) is 11.8 Å². The number of amides is 1. The first-order valence-corrected chi connectivity index (χ1v) is 12.4. The number of furan rings is 1. The van der Waals surface area contributed by atoms with E-state index in [1.807, 2.05) is 30.3 Å². The summed E-state index contributed by atoms with van der Waals surface area (Å²) < 4.78 is 11.2. The van der Waals surface area contributed by atoms with Crippen molar-refractivity contribution in [1.82, 2.24) is 25.5 Å². The number of rotatable bonds is 8. The molecule has 1 amide bonds. The van der Waals surface area contributed by atoms with Gasteiger partial charge in [-0.1, -0.05) is 0 Å². The summed E-state index contributed by atoms with van der Waals surface area (Å²) in [4.78, 5) is 25.8. The van der Waals surface area contributed by atoms with Crippen molar-refractivity contribution in [3.8, 4) is 17.3 Å². The Morgan fingerprint density at radius 2 is 1.91 bits per heavy atom. The van der Waals surface area contributed by atoms with E-state index in [9.17, 15) is 4.79 Å². The van der Waals surface area contributed by atoms with Crippen LogP contribution in [0.3, 0.4) is 0 Å². The van der Waals surface area contributed by atoms with Crippen LogP contribution < -0.4 is 19.9 Å². The van der Waals surface area contributed by atoms with Gasteiger partial charge in [-0.25, -0.2) is 9.97 Å². The summed E-state index contributed by atoms with van der Waals surface area (Å²) >= 11 is 0. The van der Waals surface area contributed by atoms with E-state index in [0.29, 0.717) is 37.0 Å². The van der Waals surface area contributed by atoms with Crippen molar-refractivity contribution in [2.45, 2.75) is 32.1 Å². The molecule has 5 heterocycles. The van der Waals surface area contributed by atoms with Gasteiger partial charge in [0.15, 0.2) is 11.6 Å². The predicted molar refractivity (Wildman–Crippen MR) is 131 cm³/mol. The van der Waals surface area contributed by atoms with Crippen LogP contribution in [-0.4, -0.2) is 65.4 Å². The van der Waals surface area contributed by atoms with E-state index in [2.05, 4.69) is 35.3 Å². The van der Waals surface area contributed by atoms with E-state index in [0.717, 1.165) is 44.1 Å². The molecule has 1 N–H and O–H groups in total. The average molecular weight is 478 g/mol. The number of carbonyl (C=O) groups is 1. The summed E-state index contributed by atoms with van der Waals surface area (Å²) in [5.74, 6) is 2.84. The molecular weight excluding hydrogens is 446 g/mol. The monoisotopic (exact) mass is 477 g/mol. The molecule has 3 aromatic rings. The fourth-order valence-electron chi connectivity index (χ4n) is 4.63. The Morgan fingerprint density at radius 3 is 2.71 bits per heavy atom. The summed E-state index contributed by atoms with van der Waals surface area (Å²) in [6, 6.07) is 9.38. The van der Waals surface area contributed by atoms with Crippen molar-refractivity contribution in [1.29, 1.82) is 0 Å². The maximum Gasteiger partial charge on any atom is 0.225 e. The van der Waals surface area contributed by atoms with Gasteiger partial charge in [0.05, 0.1) is 18.7 Å². The molecule has 184 valence electrons. The molecule has 0 aliphatic carbocycles. The third-order valence-corrected chi connectivity index (χ3v) is 6.50. The quantitative estimate of drug-likeness (QED) is 0.490. The highest BCUT2D eigenvalue weighted by Gasteiger charge is 2.26. The predicted octanol–water partition coefficient (Wildman–Crippen LogP) is 2.93. The maximum absolute atomic E-state index is 12.8. The number of hydrogen-bond acceptors (Lipinski definition) is 9. The molecule has 1 unspecified atom stereocenters. The minimum Gasteiger partial charge on any atom is -0.476 e. The van der Waals surface area contributed by atoms with Crippen molar-refractivity contribution in [3.05, 3.63) is 42.9 Å². The van der Waals surface area contributed by atoms with Crippen LogP contribution in [0.5, 0.6) is 5.88 Å². The topological polar surface area (TPSA) is 110 Å². The van der Waals surface area contributed by atoms with Crippen molar-refractivity contribution in [2.75, 3.05) is 49.1 Å². The Bertz CT molecular complexity index is 1080. The van der Waals surface area contributed by atoms with E-state index in [1.165, 1.54) is 19.3 Å². The molecule has 5 rings (SSSR count). The van der Waals surface area contributed by atoms with Gasteiger partial charge in [0.1, 0.15) is 24.4 Å². The van der Waals surface area contributed by atoms with Gasteiger partial charge in [-0.2, -0.15) is 0 Å². The molecule has 2 aliphatic heterocycles. The fourth-order valence-corrected chi connectivity index (χ4v) is 4.63. The third kappa shape index (κ3) is 5.87. The zero-order valence-electron chi connectivity index (χ0n) is 19.8. The van der Waals surface area contributed by atoms with Crippen LogP contribution in [0, 0.1) is 5.92 Å². The second-order valence-electron chi connectivity index (χ2n) is 8.94. The fraction of sp³-hybridized carbons (Fsp3) is 0.480. The van der Waals surface area contributed by atoms with Crippen molar-refractivity contribution in [2.24, 2.45) is 5.92 Å². The Hall–Kier alpha value is -3.69. The average Bonchev–Trinajstić information content (AvgIpc) is 3.47. The lowest BCUT2D eigenvalue weighted by molar-refractivity contribution is -0.125. The van der Waals surface area contributed by atoms with Crippen LogP contribution in [0.4, 0.5) is 11.6 Å². The number of nitrogens with zero attached hydrogens (tertiary/aromatic N) is 6. The van der Waals surface area contributed by atoms with E-state index >= 15 is 0 Å². The van der Waals surface area contributed by atoms with Crippen LogP contribution in [0.15, 0.2) is 47.3 Å². The molecule has 35 heavy (non-hydrogen) atoms. The van der Waals surface area contributed by atoms with Crippen LogP contribution in [-0.2, 0) is 4.79 Å². The van der Waals surface area contributed by atoms with E-state index < -0.39 is 0 Å². The first-order chi connectivity index (χ1) is 17.3. The second kappa shape index (κ2) is 11.2. The molecule has 0 spiro atoms. The Balaban J connectivity index is 1.08. The minimum atomic E-state index is -0.0972. The molecule has 0 bridgehead atoms. The van der Waals surface area contributed by atoms with Gasteiger partial charge in [-0.3, -0.25) is 4.79 Å². The lowest BCUT2D eigenvalue weighted by Crippen LogP contribution is -2.44. The lowest BCUT2D eigenvalue weighted by Gasteiger charge is -2.32. The number of nitrogens with one attached hydrogen (secondary N) is 1. The Labute approximate surface area is 204 Å². The smallest absolute Gasteiger partial charge is 0.225 e. The normalized spacial score (nSPS) is 18.3. The maximum atomic E-state index is 12.8. The minimum absolute atomic E-state index is 0.0372. The number of carbonyl (C=O) groups excluding carboxylic acids is 1. The number of ether oxygens (including phenoxy) is 1. The first-order valence-electron chi connectivity index (χ1n) is 12.4. The molecule has 0 aromatic carbocycles. The SMILES string of the molecule is O=C(NCCOc1cc(N2CCCCC2)ncn1)C1CCCN(c2ccc(-c3ccco3)nn2)C1. The highest BCUT2D eigenvalue weighted by Crippen LogP contribution is 2.24. The van der Waals surface area contributed by atoms with E-state index in [-0.39, 0.29) is 11.8 Å². The van der Waals surface area contributed by atoms with E-state index in [1.54, 1.807) is 12.6 Å². The number of aromatic nitrogens is 4. The lowest BCUT2D eigenvalue weighted by atomic mass is 9.97. The van der Waals surface area contributed by atoms with Crippen LogP contribution >= 0.6 is 0 Å². The number of piperidine rings is 2. The van der Waals surface area contributed by atoms with Crippen LogP contribution in [0.2, 0.25) is 0 Å². The Kier molecular flexibility index (Phi) is 7.35. The van der Waals surface area contributed by atoms with Crippen molar-refractivity contribution >= 4 is 17.5 Å². The zero-order chi connectivity index (χ0) is 23.9. The largest absolute Gasteiger partial charge is 0.476 e. The summed E-state index contributed by atoms with van der Waals surface area (Å²) in [7, 11) is 0. The number of hydrogen-bond donors (Lipinski definition) is 1. The molecule has 0 saturated carbocycles. The van der Waals surface area contributed by atoms with Gasteiger partial charge >= 0.3 is 0 Å². The zero-order valence-corrected chi connectivity index (χ0v) is 19.8. The number of anilines is 2. The molecule has 0 radical (unpaired) electrons. The summed E-state index contributed by atoms with van der Waals surface area (Å²) in [6.07, 6.45) is 8.58. The van der Waals surface area contributed by atoms with Crippen LogP contribution in [0.25, 0.3) is 11.5 Å². The summed E-state index contributed by atoms with van der Waals surface area (Å²) in [5, 5.41) is 11.6. The van der Waals surface area contributed by atoms with Gasteiger partial charge in [0.25, 0.3) is 0 Å². The molecule has 2 fully saturated rings. The molecule has 1 atom stereocenters. The van der Waals surface area contributed by atoms with Crippen molar-refractivity contribution < 1.29 is 13.9 Å². The standard InChI is InChI=1S/C25H31N7O3/c33-25(26-10-15-35-24-16-23(27-18-28-24)31-11-2-1-3-12-31)19-6-4-13-32(17-19)22-9-8-20(29-30-22)21-7-5-14-34-21/h5,7-9,14,16,18-19H,1-4,6,10-13,15,17H2,(H,26,33). The van der Waals surface area contributed by atoms with Gasteiger partial charge in [-0.15, -0.1) is 10.2 Å². The van der Waals surface area contributed by atoms with Crippen LogP contribution in [0.1, 0.15) is 32.1 Å². The second-order valence-corrected chi connectivity index (χ2v) is 8.94. The third-order valence-electron chi connectivity index (χ3n) is 6.50. The van der Waals surface area contributed by atoms with Gasteiger partial charge < -0.3 is 24.3 Å². The molecule has 3 aromatic heterocycles. The highest BCUT2D eigenvalue weighted by molar-refractivity contribution is 5.79. The van der Waals surface area contributed by atoms with E-state index in [4.69, 9.17) is 9.15 Å². The molecule has 10 heteroatoms.